The number of hydrogen-bond donors (Lipinski definition) is 1. The number of rotatable bonds is 5. The highest BCUT2D eigenvalue weighted by Gasteiger charge is 2.24. The molecule has 0 aliphatic heterocycles. The Bertz CT molecular complexity index is 458. The second-order valence-corrected chi connectivity index (χ2v) is 6.69. The van der Waals surface area contributed by atoms with E-state index in [0.717, 1.165) is 29.9 Å². The smallest absolute Gasteiger partial charge is 0.135 e. The van der Waals surface area contributed by atoms with Crippen LogP contribution in [0.1, 0.15) is 65.1 Å². The van der Waals surface area contributed by atoms with Gasteiger partial charge in [-0.15, -0.1) is 0 Å². The maximum atomic E-state index is 4.79. The van der Waals surface area contributed by atoms with Crippen molar-refractivity contribution in [3.8, 4) is 0 Å². The average molecular weight is 290 g/mol. The third-order valence-electron chi connectivity index (χ3n) is 4.42. The second kappa shape index (κ2) is 7.10. The van der Waals surface area contributed by atoms with E-state index >= 15 is 0 Å². The molecule has 2 unspecified atom stereocenters. The summed E-state index contributed by atoms with van der Waals surface area (Å²) in [6.07, 6.45) is 5.25. The third kappa shape index (κ3) is 4.08. The van der Waals surface area contributed by atoms with E-state index in [4.69, 9.17) is 4.98 Å². The van der Waals surface area contributed by atoms with Gasteiger partial charge in [0, 0.05) is 31.6 Å². The summed E-state index contributed by atoms with van der Waals surface area (Å²) in [6, 6.07) is 2.70. The standard InChI is InChI=1S/C17H30N4/c1-6-18-15-11-16(20-17(19-15)12(2)3)21(5)14-9-7-8-13(4)10-14/h11-14H,6-10H2,1-5H3,(H,18,19,20). The summed E-state index contributed by atoms with van der Waals surface area (Å²) in [7, 11) is 2.19. The van der Waals surface area contributed by atoms with E-state index in [0.29, 0.717) is 12.0 Å². The van der Waals surface area contributed by atoms with Crippen LogP contribution in [-0.2, 0) is 0 Å². The molecule has 4 nitrogen and oxygen atoms in total. The molecule has 1 fully saturated rings. The molecule has 2 rings (SSSR count). The minimum Gasteiger partial charge on any atom is -0.370 e. The lowest BCUT2D eigenvalue weighted by atomic mass is 9.86. The zero-order valence-corrected chi connectivity index (χ0v) is 14.2. The Morgan fingerprint density at radius 2 is 2.10 bits per heavy atom. The van der Waals surface area contributed by atoms with Crippen molar-refractivity contribution >= 4 is 11.6 Å². The Balaban J connectivity index is 2.24. The summed E-state index contributed by atoms with van der Waals surface area (Å²) in [5.41, 5.74) is 0. The number of anilines is 2. The number of nitrogens with zero attached hydrogens (tertiary/aromatic N) is 3. The van der Waals surface area contributed by atoms with Gasteiger partial charge in [-0.25, -0.2) is 9.97 Å². The van der Waals surface area contributed by atoms with Gasteiger partial charge in [0.15, 0.2) is 0 Å². The van der Waals surface area contributed by atoms with Gasteiger partial charge in [0.2, 0.25) is 0 Å². The highest BCUT2D eigenvalue weighted by Crippen LogP contribution is 2.30. The first kappa shape index (κ1) is 16.1. The lowest BCUT2D eigenvalue weighted by molar-refractivity contribution is 0.335. The minimum atomic E-state index is 0.348. The van der Waals surface area contributed by atoms with E-state index in [1.54, 1.807) is 0 Å². The van der Waals surface area contributed by atoms with Crippen LogP contribution in [0, 0.1) is 5.92 Å². The summed E-state index contributed by atoms with van der Waals surface area (Å²) in [5.74, 6) is 4.11. The molecule has 0 aromatic carbocycles. The highest BCUT2D eigenvalue weighted by molar-refractivity contribution is 5.50. The molecule has 21 heavy (non-hydrogen) atoms. The maximum absolute atomic E-state index is 4.79. The van der Waals surface area contributed by atoms with E-state index < -0.39 is 0 Å². The Morgan fingerprint density at radius 3 is 2.71 bits per heavy atom. The molecule has 118 valence electrons. The second-order valence-electron chi connectivity index (χ2n) is 6.69. The van der Waals surface area contributed by atoms with Gasteiger partial charge in [-0.1, -0.05) is 33.6 Å². The van der Waals surface area contributed by atoms with Crippen LogP contribution < -0.4 is 10.2 Å². The fourth-order valence-corrected chi connectivity index (χ4v) is 3.10. The predicted molar refractivity (Wildman–Crippen MR) is 90.1 cm³/mol. The van der Waals surface area contributed by atoms with Crippen LogP contribution in [-0.4, -0.2) is 29.6 Å². The topological polar surface area (TPSA) is 41.0 Å². The van der Waals surface area contributed by atoms with Crippen LogP contribution in [0.3, 0.4) is 0 Å². The fourth-order valence-electron chi connectivity index (χ4n) is 3.10. The van der Waals surface area contributed by atoms with E-state index in [9.17, 15) is 0 Å². The molecule has 1 aliphatic carbocycles. The Labute approximate surface area is 129 Å². The van der Waals surface area contributed by atoms with Gasteiger partial charge in [0.1, 0.15) is 17.5 Å². The maximum Gasteiger partial charge on any atom is 0.135 e. The van der Waals surface area contributed by atoms with Crippen molar-refractivity contribution in [2.75, 3.05) is 23.8 Å². The Hall–Kier alpha value is -1.32. The zero-order valence-electron chi connectivity index (χ0n) is 14.2. The third-order valence-corrected chi connectivity index (χ3v) is 4.42. The minimum absolute atomic E-state index is 0.348. The van der Waals surface area contributed by atoms with Crippen LogP contribution >= 0.6 is 0 Å². The molecule has 1 N–H and O–H groups in total. The van der Waals surface area contributed by atoms with Crippen molar-refractivity contribution in [2.45, 2.75) is 65.3 Å². The lowest BCUT2D eigenvalue weighted by Gasteiger charge is -2.35. The van der Waals surface area contributed by atoms with Gasteiger partial charge < -0.3 is 10.2 Å². The van der Waals surface area contributed by atoms with Crippen LogP contribution in [0.2, 0.25) is 0 Å². The molecule has 4 heteroatoms. The van der Waals surface area contributed by atoms with Crippen molar-refractivity contribution in [1.29, 1.82) is 0 Å². The van der Waals surface area contributed by atoms with Crippen LogP contribution in [0.4, 0.5) is 11.6 Å². The van der Waals surface area contributed by atoms with Gasteiger partial charge in [0.05, 0.1) is 0 Å². The molecule has 0 radical (unpaired) electrons. The molecule has 1 heterocycles. The van der Waals surface area contributed by atoms with E-state index in [1.165, 1.54) is 25.7 Å². The molecule has 1 aromatic heterocycles. The van der Waals surface area contributed by atoms with Crippen LogP contribution in [0.15, 0.2) is 6.07 Å². The highest BCUT2D eigenvalue weighted by atomic mass is 15.2. The molecular formula is C17H30N4. The Morgan fingerprint density at radius 1 is 1.33 bits per heavy atom. The predicted octanol–water partition coefficient (Wildman–Crippen LogP) is 4.05. The first-order chi connectivity index (χ1) is 10.0. The van der Waals surface area contributed by atoms with Crippen molar-refractivity contribution in [2.24, 2.45) is 5.92 Å². The summed E-state index contributed by atoms with van der Waals surface area (Å²) in [4.78, 5) is 11.8. The Kier molecular flexibility index (Phi) is 5.43. The molecule has 1 aromatic rings. The van der Waals surface area contributed by atoms with Gasteiger partial charge in [-0.05, 0) is 25.7 Å². The monoisotopic (exact) mass is 290 g/mol. The average Bonchev–Trinajstić information content (AvgIpc) is 2.46. The molecule has 2 atom stereocenters. The van der Waals surface area contributed by atoms with Crippen LogP contribution in [0.5, 0.6) is 0 Å². The summed E-state index contributed by atoms with van der Waals surface area (Å²) in [5, 5.41) is 3.33. The summed E-state index contributed by atoms with van der Waals surface area (Å²) < 4.78 is 0. The fraction of sp³-hybridized carbons (Fsp3) is 0.765. The van der Waals surface area contributed by atoms with Crippen LogP contribution in [0.25, 0.3) is 0 Å². The van der Waals surface area contributed by atoms with E-state index in [2.05, 4.69) is 56.0 Å². The summed E-state index contributed by atoms with van der Waals surface area (Å²) >= 11 is 0. The normalized spacial score (nSPS) is 22.4. The van der Waals surface area contributed by atoms with Gasteiger partial charge in [0.25, 0.3) is 0 Å². The molecule has 1 saturated carbocycles. The van der Waals surface area contributed by atoms with Gasteiger partial charge in [-0.3, -0.25) is 0 Å². The van der Waals surface area contributed by atoms with Crippen molar-refractivity contribution in [3.63, 3.8) is 0 Å². The molecule has 0 spiro atoms. The van der Waals surface area contributed by atoms with Crippen molar-refractivity contribution in [1.82, 2.24) is 9.97 Å². The molecular weight excluding hydrogens is 260 g/mol. The molecule has 0 saturated heterocycles. The van der Waals surface area contributed by atoms with Crippen molar-refractivity contribution in [3.05, 3.63) is 11.9 Å². The quantitative estimate of drug-likeness (QED) is 0.888. The number of aromatic nitrogens is 2. The zero-order chi connectivity index (χ0) is 15.4. The van der Waals surface area contributed by atoms with Crippen molar-refractivity contribution < 1.29 is 0 Å². The molecule has 0 amide bonds. The van der Waals surface area contributed by atoms with Gasteiger partial charge in [-0.2, -0.15) is 0 Å². The first-order valence-corrected chi connectivity index (χ1v) is 8.37. The van der Waals surface area contributed by atoms with E-state index in [-0.39, 0.29) is 0 Å². The largest absolute Gasteiger partial charge is 0.370 e. The first-order valence-electron chi connectivity index (χ1n) is 8.37. The number of nitrogens with one attached hydrogen (secondary N) is 1. The SMILES string of the molecule is CCNc1cc(N(C)C2CCCC(C)C2)nc(C(C)C)n1. The van der Waals surface area contributed by atoms with E-state index in [1.807, 2.05) is 0 Å². The molecule has 1 aliphatic rings. The molecule has 0 bridgehead atoms. The van der Waals surface area contributed by atoms with Gasteiger partial charge >= 0.3 is 0 Å². The summed E-state index contributed by atoms with van der Waals surface area (Å²) in [6.45, 7) is 9.65. The number of hydrogen-bond acceptors (Lipinski definition) is 4. The lowest BCUT2D eigenvalue weighted by Crippen LogP contribution is -2.36.